The number of carboxylic acids is 1. The molecule has 4 aromatic rings. The maximum Gasteiger partial charge on any atom is 0.314 e. The zero-order valence-electron chi connectivity index (χ0n) is 19.7. The predicted octanol–water partition coefficient (Wildman–Crippen LogP) is 6.55. The average Bonchev–Trinajstić information content (AvgIpc) is 2.86. The first-order valence-electron chi connectivity index (χ1n) is 12.0. The summed E-state index contributed by atoms with van der Waals surface area (Å²) in [4.78, 5) is 23.6. The Morgan fingerprint density at radius 2 is 1.60 bits per heavy atom. The van der Waals surface area contributed by atoms with Gasteiger partial charge in [-0.1, -0.05) is 67.1 Å². The van der Waals surface area contributed by atoms with Crippen molar-refractivity contribution in [2.75, 3.05) is 16.8 Å². The van der Waals surface area contributed by atoms with Crippen molar-refractivity contribution in [3.63, 3.8) is 0 Å². The number of aromatic nitrogens is 2. The number of hydrogen-bond acceptors (Lipinski definition) is 5. The molecule has 6 nitrogen and oxygen atoms in total. The summed E-state index contributed by atoms with van der Waals surface area (Å²) in [7, 11) is 0. The first-order chi connectivity index (χ1) is 17.1. The van der Waals surface area contributed by atoms with Crippen LogP contribution < -0.4 is 10.2 Å². The highest BCUT2D eigenvalue weighted by Crippen LogP contribution is 2.44. The number of para-hydroxylation sites is 1. The van der Waals surface area contributed by atoms with E-state index in [1.54, 1.807) is 0 Å². The molecule has 1 fully saturated rings. The van der Waals surface area contributed by atoms with Gasteiger partial charge in [0.15, 0.2) is 0 Å². The molecule has 0 amide bonds. The molecule has 0 radical (unpaired) electrons. The Morgan fingerprint density at radius 3 is 2.17 bits per heavy atom. The van der Waals surface area contributed by atoms with Crippen LogP contribution in [0.2, 0.25) is 0 Å². The monoisotopic (exact) mass is 464 g/mol. The van der Waals surface area contributed by atoms with Crippen molar-refractivity contribution in [2.24, 2.45) is 0 Å². The van der Waals surface area contributed by atoms with Gasteiger partial charge in [-0.05, 0) is 49.6 Å². The van der Waals surface area contributed by atoms with Crippen molar-refractivity contribution in [1.82, 2.24) is 9.97 Å². The highest BCUT2D eigenvalue weighted by Gasteiger charge is 2.45. The van der Waals surface area contributed by atoms with Crippen LogP contribution in [0, 0.1) is 0 Å². The van der Waals surface area contributed by atoms with Crippen molar-refractivity contribution in [3.8, 4) is 11.3 Å². The molecule has 1 heterocycles. The summed E-state index contributed by atoms with van der Waals surface area (Å²) in [6, 6.07) is 29.9. The topological polar surface area (TPSA) is 78.4 Å². The number of benzene rings is 3. The summed E-state index contributed by atoms with van der Waals surface area (Å²) in [6.45, 7) is 2.85. The van der Waals surface area contributed by atoms with Crippen LogP contribution in [0.3, 0.4) is 0 Å². The number of carbonyl (C=O) groups is 1. The Hall–Kier alpha value is -4.19. The molecule has 5 rings (SSSR count). The van der Waals surface area contributed by atoms with E-state index in [1.165, 1.54) is 0 Å². The minimum atomic E-state index is -0.743. The lowest BCUT2D eigenvalue weighted by atomic mass is 9.64. The fraction of sp³-hybridized carbons (Fsp3) is 0.207. The molecule has 0 aliphatic heterocycles. The Balaban J connectivity index is 1.50. The SMILES string of the molecule is CCN(c1ccccc1)c1cc(-c2ccccc2)nc(Nc2ccc(C3(C(=O)O)CCC3)cc2)n1. The molecule has 1 aliphatic rings. The third-order valence-corrected chi connectivity index (χ3v) is 6.75. The fourth-order valence-electron chi connectivity index (χ4n) is 4.63. The van der Waals surface area contributed by atoms with Crippen molar-refractivity contribution in [1.29, 1.82) is 0 Å². The van der Waals surface area contributed by atoms with Gasteiger partial charge in [-0.2, -0.15) is 4.98 Å². The van der Waals surface area contributed by atoms with Gasteiger partial charge in [-0.15, -0.1) is 0 Å². The van der Waals surface area contributed by atoms with Crippen LogP contribution in [-0.4, -0.2) is 27.6 Å². The second-order valence-electron chi connectivity index (χ2n) is 8.82. The molecule has 176 valence electrons. The van der Waals surface area contributed by atoms with Crippen molar-refractivity contribution >= 4 is 29.1 Å². The molecule has 2 N–H and O–H groups in total. The van der Waals surface area contributed by atoms with Crippen LogP contribution in [0.1, 0.15) is 31.7 Å². The number of rotatable bonds is 8. The van der Waals surface area contributed by atoms with E-state index < -0.39 is 11.4 Å². The van der Waals surface area contributed by atoms with Crippen molar-refractivity contribution < 1.29 is 9.90 Å². The molecule has 1 aromatic heterocycles. The number of aliphatic carboxylic acids is 1. The molecule has 0 bridgehead atoms. The Bertz CT molecular complexity index is 1300. The summed E-state index contributed by atoms with van der Waals surface area (Å²) < 4.78 is 0. The number of carboxylic acid groups (broad SMARTS) is 1. The Kier molecular flexibility index (Phi) is 6.19. The number of hydrogen-bond donors (Lipinski definition) is 2. The molecule has 3 aromatic carbocycles. The summed E-state index contributed by atoms with van der Waals surface area (Å²) in [6.07, 6.45) is 2.32. The lowest BCUT2D eigenvalue weighted by molar-refractivity contribution is -0.147. The van der Waals surface area contributed by atoms with E-state index in [0.29, 0.717) is 18.8 Å². The van der Waals surface area contributed by atoms with Crippen molar-refractivity contribution in [3.05, 3.63) is 96.6 Å². The van der Waals surface area contributed by atoms with E-state index in [4.69, 9.17) is 9.97 Å². The van der Waals surface area contributed by atoms with Gasteiger partial charge in [0.25, 0.3) is 0 Å². The summed E-state index contributed by atoms with van der Waals surface area (Å²) in [5, 5.41) is 13.1. The zero-order valence-corrected chi connectivity index (χ0v) is 19.7. The number of nitrogens with zero attached hydrogens (tertiary/aromatic N) is 3. The molecule has 0 saturated heterocycles. The standard InChI is InChI=1S/C29H28N4O2/c1-2-33(24-12-7-4-8-13-24)26-20-25(21-10-5-3-6-11-21)31-28(32-26)30-23-16-14-22(15-17-23)29(27(34)35)18-9-19-29/h3-8,10-17,20H,2,9,18-19H2,1H3,(H,34,35)(H,30,31,32). The average molecular weight is 465 g/mol. The van der Waals surface area contributed by atoms with E-state index in [1.807, 2.05) is 78.9 Å². The maximum absolute atomic E-state index is 11.9. The van der Waals surface area contributed by atoms with Crippen LogP contribution in [0.15, 0.2) is 91.0 Å². The van der Waals surface area contributed by atoms with Crippen LogP contribution in [0.5, 0.6) is 0 Å². The van der Waals surface area contributed by atoms with Gasteiger partial charge >= 0.3 is 5.97 Å². The second kappa shape index (κ2) is 9.58. The van der Waals surface area contributed by atoms with Gasteiger partial charge in [0.05, 0.1) is 11.1 Å². The van der Waals surface area contributed by atoms with Gasteiger partial charge in [-0.25, -0.2) is 4.98 Å². The van der Waals surface area contributed by atoms with Crippen LogP contribution in [0.25, 0.3) is 11.3 Å². The smallest absolute Gasteiger partial charge is 0.314 e. The maximum atomic E-state index is 11.9. The minimum Gasteiger partial charge on any atom is -0.481 e. The van der Waals surface area contributed by atoms with E-state index in [9.17, 15) is 9.90 Å². The summed E-state index contributed by atoms with van der Waals surface area (Å²) in [5.41, 5.74) is 3.81. The number of nitrogens with one attached hydrogen (secondary N) is 1. The molecular weight excluding hydrogens is 436 g/mol. The predicted molar refractivity (Wildman–Crippen MR) is 139 cm³/mol. The van der Waals surface area contributed by atoms with Gasteiger partial charge < -0.3 is 15.3 Å². The van der Waals surface area contributed by atoms with E-state index in [0.717, 1.165) is 47.0 Å². The first kappa shape index (κ1) is 22.6. The molecule has 6 heteroatoms. The van der Waals surface area contributed by atoms with Crippen molar-refractivity contribution in [2.45, 2.75) is 31.6 Å². The van der Waals surface area contributed by atoms with Gasteiger partial charge in [0.1, 0.15) is 5.82 Å². The molecule has 0 spiro atoms. The van der Waals surface area contributed by atoms with E-state index in [2.05, 4.69) is 29.3 Å². The number of anilines is 4. The van der Waals surface area contributed by atoms with Crippen LogP contribution in [0.4, 0.5) is 23.1 Å². The molecule has 1 saturated carbocycles. The van der Waals surface area contributed by atoms with Crippen LogP contribution >= 0.6 is 0 Å². The van der Waals surface area contributed by atoms with Gasteiger partial charge in [-0.3, -0.25) is 4.79 Å². The molecule has 1 aliphatic carbocycles. The molecular formula is C29H28N4O2. The Morgan fingerprint density at radius 1 is 0.943 bits per heavy atom. The molecule has 0 unspecified atom stereocenters. The second-order valence-corrected chi connectivity index (χ2v) is 8.82. The van der Waals surface area contributed by atoms with Gasteiger partial charge in [0.2, 0.25) is 5.95 Å². The minimum absolute atomic E-state index is 0.486. The highest BCUT2D eigenvalue weighted by molar-refractivity contribution is 5.83. The normalized spacial score (nSPS) is 14.1. The summed E-state index contributed by atoms with van der Waals surface area (Å²) in [5.74, 6) is 0.541. The highest BCUT2D eigenvalue weighted by atomic mass is 16.4. The first-order valence-corrected chi connectivity index (χ1v) is 12.0. The quantitative estimate of drug-likeness (QED) is 0.308. The fourth-order valence-corrected chi connectivity index (χ4v) is 4.63. The Labute approximate surface area is 205 Å². The summed E-state index contributed by atoms with van der Waals surface area (Å²) >= 11 is 0. The molecule has 35 heavy (non-hydrogen) atoms. The third-order valence-electron chi connectivity index (χ3n) is 6.75. The zero-order chi connectivity index (χ0) is 24.3. The largest absolute Gasteiger partial charge is 0.481 e. The van der Waals surface area contributed by atoms with E-state index in [-0.39, 0.29) is 0 Å². The third kappa shape index (κ3) is 4.47. The van der Waals surface area contributed by atoms with Crippen LogP contribution in [-0.2, 0) is 10.2 Å². The van der Waals surface area contributed by atoms with E-state index >= 15 is 0 Å². The van der Waals surface area contributed by atoms with Gasteiger partial charge in [0, 0.05) is 29.5 Å². The lowest BCUT2D eigenvalue weighted by Gasteiger charge is -2.38. The lowest BCUT2D eigenvalue weighted by Crippen LogP contribution is -2.42. The molecule has 0 atom stereocenters.